The number of aromatic nitrogens is 2. The Labute approximate surface area is 164 Å². The van der Waals surface area contributed by atoms with E-state index in [-0.39, 0.29) is 18.1 Å². The Balaban J connectivity index is 1.54. The minimum atomic E-state index is -0.268. The monoisotopic (exact) mass is 376 g/mol. The van der Waals surface area contributed by atoms with Crippen molar-refractivity contribution in [2.45, 2.75) is 31.3 Å². The fraction of sp³-hybridized carbons (Fsp3) is 0.273. The number of rotatable bonds is 6. The Morgan fingerprint density at radius 2 is 1.93 bits per heavy atom. The van der Waals surface area contributed by atoms with Gasteiger partial charge in [0.1, 0.15) is 11.6 Å². The van der Waals surface area contributed by atoms with Crippen molar-refractivity contribution in [3.63, 3.8) is 0 Å². The van der Waals surface area contributed by atoms with Crippen LogP contribution in [-0.2, 0) is 6.42 Å². The van der Waals surface area contributed by atoms with Crippen LogP contribution in [0.25, 0.3) is 11.0 Å². The van der Waals surface area contributed by atoms with Crippen molar-refractivity contribution in [3.05, 3.63) is 72.1 Å². The van der Waals surface area contributed by atoms with Crippen molar-refractivity contribution in [1.29, 1.82) is 0 Å². The van der Waals surface area contributed by atoms with Crippen LogP contribution in [0.2, 0.25) is 0 Å². The van der Waals surface area contributed by atoms with Crippen LogP contribution in [0.3, 0.4) is 0 Å². The first kappa shape index (κ1) is 18.1. The third-order valence-electron chi connectivity index (χ3n) is 4.99. The van der Waals surface area contributed by atoms with Gasteiger partial charge in [-0.3, -0.25) is 0 Å². The highest BCUT2D eigenvalue weighted by Crippen LogP contribution is 2.21. The Kier molecular flexibility index (Phi) is 5.28. The summed E-state index contributed by atoms with van der Waals surface area (Å²) in [6.07, 6.45) is 6.57. The summed E-state index contributed by atoms with van der Waals surface area (Å²) in [6.45, 7) is 0. The minimum absolute atomic E-state index is 0.164. The number of urea groups is 1. The highest BCUT2D eigenvalue weighted by molar-refractivity contribution is 5.76. The molecule has 2 aromatic carbocycles. The molecule has 0 radical (unpaired) electrons. The number of carbonyl (C=O) groups excluding carboxylic acids is 1. The van der Waals surface area contributed by atoms with Gasteiger partial charge in [-0.25, -0.2) is 9.78 Å². The molecule has 0 aliphatic heterocycles. The number of hydrogen-bond acceptors (Lipinski definition) is 3. The standard InChI is InChI=1S/C22H24N4O2/c1-28-17-12-10-15(11-13-17)14-20(26-22(27)23-16-6-2-3-7-16)21-24-18-8-4-5-9-19(18)25-21/h2-5,8-13,16,20H,6-7,14H2,1H3,(H,24,25)(H2,23,26,27)/t20-/m1/s1. The fourth-order valence-corrected chi connectivity index (χ4v) is 3.47. The number of carbonyl (C=O) groups is 1. The summed E-state index contributed by atoms with van der Waals surface area (Å²) in [5, 5.41) is 6.14. The number of fused-ring (bicyclic) bond motifs is 1. The molecule has 4 rings (SSSR count). The van der Waals surface area contributed by atoms with Gasteiger partial charge in [0, 0.05) is 6.04 Å². The molecule has 0 bridgehead atoms. The van der Waals surface area contributed by atoms with Crippen molar-refractivity contribution < 1.29 is 9.53 Å². The second kappa shape index (κ2) is 8.17. The average molecular weight is 376 g/mol. The smallest absolute Gasteiger partial charge is 0.315 e. The number of benzene rings is 2. The molecule has 3 aromatic rings. The van der Waals surface area contributed by atoms with Crippen molar-refractivity contribution in [2.75, 3.05) is 7.11 Å². The molecule has 3 N–H and O–H groups in total. The zero-order valence-electron chi connectivity index (χ0n) is 15.8. The van der Waals surface area contributed by atoms with Gasteiger partial charge < -0.3 is 20.4 Å². The van der Waals surface area contributed by atoms with Crippen molar-refractivity contribution in [1.82, 2.24) is 20.6 Å². The highest BCUT2D eigenvalue weighted by atomic mass is 16.5. The van der Waals surface area contributed by atoms with Gasteiger partial charge in [0.15, 0.2) is 0 Å². The van der Waals surface area contributed by atoms with Gasteiger partial charge in [-0.1, -0.05) is 36.4 Å². The number of ether oxygens (including phenoxy) is 1. The van der Waals surface area contributed by atoms with Gasteiger partial charge in [0.25, 0.3) is 0 Å². The van der Waals surface area contributed by atoms with Gasteiger partial charge in [0.2, 0.25) is 0 Å². The second-order valence-electron chi connectivity index (χ2n) is 7.00. The van der Waals surface area contributed by atoms with Crippen molar-refractivity contribution >= 4 is 17.1 Å². The zero-order chi connectivity index (χ0) is 19.3. The lowest BCUT2D eigenvalue weighted by Crippen LogP contribution is -2.43. The molecule has 0 saturated heterocycles. The predicted molar refractivity (Wildman–Crippen MR) is 109 cm³/mol. The lowest BCUT2D eigenvalue weighted by molar-refractivity contribution is 0.233. The number of H-pyrrole nitrogens is 1. The molecule has 0 unspecified atom stereocenters. The van der Waals surface area contributed by atoms with Gasteiger partial charge in [-0.15, -0.1) is 0 Å². The molecular weight excluding hydrogens is 352 g/mol. The van der Waals surface area contributed by atoms with Crippen LogP contribution in [0.4, 0.5) is 4.79 Å². The molecule has 28 heavy (non-hydrogen) atoms. The van der Waals surface area contributed by atoms with E-state index in [1.807, 2.05) is 48.5 Å². The number of hydrogen-bond donors (Lipinski definition) is 3. The molecule has 0 saturated carbocycles. The molecule has 0 spiro atoms. The summed E-state index contributed by atoms with van der Waals surface area (Å²) in [5.41, 5.74) is 2.94. The van der Waals surface area contributed by atoms with Gasteiger partial charge in [0.05, 0.1) is 24.2 Å². The van der Waals surface area contributed by atoms with Crippen LogP contribution in [0.5, 0.6) is 5.75 Å². The maximum atomic E-state index is 12.6. The summed E-state index contributed by atoms with van der Waals surface area (Å²) < 4.78 is 5.23. The molecule has 1 aromatic heterocycles. The SMILES string of the molecule is COc1ccc(C[C@@H](NC(=O)NC2CC=CC2)c2nc3ccccc3[nH]2)cc1. The lowest BCUT2D eigenvalue weighted by Gasteiger charge is -2.20. The number of imidazole rings is 1. The van der Waals surface area contributed by atoms with Crippen molar-refractivity contribution in [3.8, 4) is 5.75 Å². The topological polar surface area (TPSA) is 79.0 Å². The van der Waals surface area contributed by atoms with E-state index in [1.165, 1.54) is 0 Å². The van der Waals surface area contributed by atoms with E-state index in [2.05, 4.69) is 27.8 Å². The number of nitrogens with one attached hydrogen (secondary N) is 3. The number of methoxy groups -OCH3 is 1. The third-order valence-corrected chi connectivity index (χ3v) is 4.99. The summed E-state index contributed by atoms with van der Waals surface area (Å²) in [4.78, 5) is 20.6. The predicted octanol–water partition coefficient (Wildman–Crippen LogP) is 3.87. The molecule has 6 nitrogen and oxygen atoms in total. The normalized spacial score (nSPS) is 14.9. The molecule has 1 aliphatic carbocycles. The van der Waals surface area contributed by atoms with Gasteiger partial charge in [-0.2, -0.15) is 0 Å². The van der Waals surface area contributed by atoms with E-state index in [9.17, 15) is 4.79 Å². The summed E-state index contributed by atoms with van der Waals surface area (Å²) in [5.74, 6) is 1.56. The van der Waals surface area contributed by atoms with Gasteiger partial charge >= 0.3 is 6.03 Å². The van der Waals surface area contributed by atoms with E-state index in [0.29, 0.717) is 6.42 Å². The largest absolute Gasteiger partial charge is 0.497 e. The van der Waals surface area contributed by atoms with Crippen LogP contribution >= 0.6 is 0 Å². The molecule has 144 valence electrons. The third kappa shape index (κ3) is 4.17. The van der Waals surface area contributed by atoms with E-state index in [1.54, 1.807) is 7.11 Å². The number of amides is 2. The fourth-order valence-electron chi connectivity index (χ4n) is 3.47. The van der Waals surface area contributed by atoms with Crippen LogP contribution in [0.15, 0.2) is 60.7 Å². The Morgan fingerprint density at radius 3 is 2.64 bits per heavy atom. The van der Waals surface area contributed by atoms with E-state index < -0.39 is 0 Å². The first-order chi connectivity index (χ1) is 13.7. The van der Waals surface area contributed by atoms with Crippen LogP contribution < -0.4 is 15.4 Å². The Bertz CT molecular complexity index is 937. The van der Waals surface area contributed by atoms with E-state index in [4.69, 9.17) is 9.72 Å². The van der Waals surface area contributed by atoms with Crippen LogP contribution in [-0.4, -0.2) is 29.2 Å². The van der Waals surface area contributed by atoms with Crippen LogP contribution in [0, 0.1) is 0 Å². The number of aromatic amines is 1. The molecule has 0 fully saturated rings. The number of nitrogens with zero attached hydrogens (tertiary/aromatic N) is 1. The lowest BCUT2D eigenvalue weighted by atomic mass is 10.1. The molecular formula is C22H24N4O2. The first-order valence-corrected chi connectivity index (χ1v) is 9.51. The molecule has 6 heteroatoms. The van der Waals surface area contributed by atoms with Crippen LogP contribution in [0.1, 0.15) is 30.3 Å². The Morgan fingerprint density at radius 1 is 1.18 bits per heavy atom. The van der Waals surface area contributed by atoms with E-state index >= 15 is 0 Å². The average Bonchev–Trinajstić information content (AvgIpc) is 3.37. The van der Waals surface area contributed by atoms with Gasteiger partial charge in [-0.05, 0) is 49.1 Å². The summed E-state index contributed by atoms with van der Waals surface area (Å²) in [6, 6.07) is 15.5. The highest BCUT2D eigenvalue weighted by Gasteiger charge is 2.21. The molecule has 1 atom stereocenters. The molecule has 1 heterocycles. The first-order valence-electron chi connectivity index (χ1n) is 9.51. The maximum Gasteiger partial charge on any atom is 0.315 e. The number of para-hydroxylation sites is 2. The minimum Gasteiger partial charge on any atom is -0.497 e. The van der Waals surface area contributed by atoms with Crippen molar-refractivity contribution in [2.24, 2.45) is 0 Å². The summed E-state index contributed by atoms with van der Waals surface area (Å²) >= 11 is 0. The van der Waals surface area contributed by atoms with E-state index in [0.717, 1.165) is 41.0 Å². The second-order valence-corrected chi connectivity index (χ2v) is 7.00. The summed E-state index contributed by atoms with van der Waals surface area (Å²) in [7, 11) is 1.65. The maximum absolute atomic E-state index is 12.6. The zero-order valence-corrected chi connectivity index (χ0v) is 15.8. The molecule has 1 aliphatic rings. The Hall–Kier alpha value is -3.28. The molecule has 2 amide bonds. The quantitative estimate of drug-likeness (QED) is 0.571.